The van der Waals surface area contributed by atoms with Crippen molar-refractivity contribution in [2.24, 2.45) is 5.92 Å². The van der Waals surface area contributed by atoms with E-state index >= 15 is 0 Å². The lowest BCUT2D eigenvalue weighted by molar-refractivity contribution is -0.144. The van der Waals surface area contributed by atoms with Crippen LogP contribution in [0, 0.1) is 5.92 Å². The molecule has 0 saturated heterocycles. The largest absolute Gasteiger partial charge is 0.390 e. The molecule has 2 N–H and O–H groups in total. The van der Waals surface area contributed by atoms with Gasteiger partial charge in [0.2, 0.25) is 11.7 Å². The highest BCUT2D eigenvalue weighted by atomic mass is 19.4. The Balaban J connectivity index is 1.36. The molecule has 0 aliphatic heterocycles. The summed E-state index contributed by atoms with van der Waals surface area (Å²) in [4.78, 5) is 33.9. The van der Waals surface area contributed by atoms with Crippen LogP contribution in [0.25, 0.3) is 5.78 Å². The van der Waals surface area contributed by atoms with Gasteiger partial charge in [-0.2, -0.15) is 36.2 Å². The summed E-state index contributed by atoms with van der Waals surface area (Å²) in [6, 6.07) is 1.11. The Morgan fingerprint density at radius 3 is 2.49 bits per heavy atom. The van der Waals surface area contributed by atoms with Crippen molar-refractivity contribution in [3.8, 4) is 0 Å². The Labute approximate surface area is 205 Å². The highest BCUT2D eigenvalue weighted by Gasteiger charge is 2.35. The van der Waals surface area contributed by atoms with E-state index in [2.05, 4.69) is 30.8 Å². The summed E-state index contributed by atoms with van der Waals surface area (Å²) in [6.07, 6.45) is -5.88. The number of nitrogens with one attached hydrogen (secondary N) is 2. The SMILES string of the molecule is O=C(CCC(F)(F)F)NC(c1ccn2cc(CNC(=O)c3cnn(CCC(F)(F)F)n3)nc2n1)C1CC1. The van der Waals surface area contributed by atoms with Crippen molar-refractivity contribution >= 4 is 17.6 Å². The Morgan fingerprint density at radius 1 is 1.08 bits per heavy atom. The van der Waals surface area contributed by atoms with Gasteiger partial charge in [0.25, 0.3) is 5.91 Å². The van der Waals surface area contributed by atoms with E-state index in [0.29, 0.717) is 11.4 Å². The number of aryl methyl sites for hydroxylation is 1. The molecular weight excluding hydrogens is 510 g/mol. The summed E-state index contributed by atoms with van der Waals surface area (Å²) < 4.78 is 75.8. The van der Waals surface area contributed by atoms with Crippen molar-refractivity contribution in [3.63, 3.8) is 0 Å². The number of amides is 2. The zero-order valence-corrected chi connectivity index (χ0v) is 19.2. The quantitative estimate of drug-likeness (QED) is 0.388. The number of aromatic nitrogens is 6. The first-order chi connectivity index (χ1) is 17.4. The van der Waals surface area contributed by atoms with Crippen LogP contribution >= 0.6 is 0 Å². The molecule has 2 amide bonds. The molecular formula is C21H22F6N8O2. The van der Waals surface area contributed by atoms with Gasteiger partial charge < -0.3 is 10.6 Å². The van der Waals surface area contributed by atoms with E-state index in [4.69, 9.17) is 0 Å². The van der Waals surface area contributed by atoms with Gasteiger partial charge in [-0.15, -0.1) is 5.10 Å². The lowest BCUT2D eigenvalue weighted by atomic mass is 10.1. The molecule has 200 valence electrons. The molecule has 1 aliphatic rings. The highest BCUT2D eigenvalue weighted by Crippen LogP contribution is 2.40. The van der Waals surface area contributed by atoms with Gasteiger partial charge in [0.1, 0.15) is 0 Å². The summed E-state index contributed by atoms with van der Waals surface area (Å²) in [5, 5.41) is 12.6. The van der Waals surface area contributed by atoms with E-state index in [1.165, 1.54) is 0 Å². The van der Waals surface area contributed by atoms with Gasteiger partial charge in [-0.25, -0.2) is 9.97 Å². The van der Waals surface area contributed by atoms with Crippen molar-refractivity contribution in [3.05, 3.63) is 41.7 Å². The second-order valence-corrected chi connectivity index (χ2v) is 8.66. The first kappa shape index (κ1) is 26.3. The molecule has 1 fully saturated rings. The van der Waals surface area contributed by atoms with Crippen molar-refractivity contribution in [1.29, 1.82) is 0 Å². The van der Waals surface area contributed by atoms with E-state index in [0.717, 1.165) is 23.8 Å². The number of halogens is 6. The Kier molecular flexibility index (Phi) is 7.36. The maximum atomic E-state index is 12.4. The van der Waals surface area contributed by atoms with Crippen LogP contribution in [0.1, 0.15) is 60.0 Å². The minimum Gasteiger partial charge on any atom is -0.347 e. The van der Waals surface area contributed by atoms with Crippen LogP contribution in [0.5, 0.6) is 0 Å². The molecule has 37 heavy (non-hydrogen) atoms. The van der Waals surface area contributed by atoms with Crippen molar-refractivity contribution in [2.45, 2.75) is 63.6 Å². The number of carbonyl (C=O) groups excluding carboxylic acids is 2. The van der Waals surface area contributed by atoms with Gasteiger partial charge in [0, 0.05) is 18.8 Å². The maximum absolute atomic E-state index is 12.4. The highest BCUT2D eigenvalue weighted by molar-refractivity contribution is 5.91. The van der Waals surface area contributed by atoms with E-state index in [-0.39, 0.29) is 23.9 Å². The minimum atomic E-state index is -4.42. The van der Waals surface area contributed by atoms with Crippen LogP contribution < -0.4 is 10.6 Å². The molecule has 1 atom stereocenters. The molecule has 0 aromatic carbocycles. The van der Waals surface area contributed by atoms with Crippen LogP contribution in [-0.2, 0) is 17.9 Å². The standard InChI is InChI=1S/C21H22F6N8O2/c22-20(23,24)5-3-16(36)32-17(12-1-2-12)14-4-7-34-11-13(30-19(34)31-14)9-28-18(37)15-10-29-35(33-15)8-6-21(25,26)27/h4,7,10-12,17H,1-3,5-6,8-9H2,(H,28,37)(H,32,36). The van der Waals surface area contributed by atoms with Crippen molar-refractivity contribution < 1.29 is 35.9 Å². The second-order valence-electron chi connectivity index (χ2n) is 8.66. The minimum absolute atomic E-state index is 0.0346. The molecule has 0 radical (unpaired) electrons. The zero-order chi connectivity index (χ0) is 26.8. The topological polar surface area (TPSA) is 119 Å². The van der Waals surface area contributed by atoms with E-state index < -0.39 is 56.0 Å². The number of hydrogen-bond acceptors (Lipinski definition) is 6. The van der Waals surface area contributed by atoms with Crippen LogP contribution in [0.2, 0.25) is 0 Å². The normalized spacial score (nSPS) is 15.1. The van der Waals surface area contributed by atoms with Crippen molar-refractivity contribution in [1.82, 2.24) is 40.0 Å². The van der Waals surface area contributed by atoms with E-state index in [1.807, 2.05) is 0 Å². The van der Waals surface area contributed by atoms with E-state index in [9.17, 15) is 35.9 Å². The molecule has 1 aliphatic carbocycles. The van der Waals surface area contributed by atoms with Crippen molar-refractivity contribution in [2.75, 3.05) is 0 Å². The predicted molar refractivity (Wildman–Crippen MR) is 114 cm³/mol. The van der Waals surface area contributed by atoms with Gasteiger partial charge in [0.05, 0.1) is 49.6 Å². The predicted octanol–water partition coefficient (Wildman–Crippen LogP) is 3.11. The number of carbonyl (C=O) groups is 2. The molecule has 16 heteroatoms. The third-order valence-corrected chi connectivity index (χ3v) is 5.56. The summed E-state index contributed by atoms with van der Waals surface area (Å²) >= 11 is 0. The van der Waals surface area contributed by atoms with Gasteiger partial charge in [-0.05, 0) is 24.8 Å². The summed E-state index contributed by atoms with van der Waals surface area (Å²) in [5.74, 6) is -1.03. The Morgan fingerprint density at radius 2 is 1.81 bits per heavy atom. The summed E-state index contributed by atoms with van der Waals surface area (Å²) in [5.41, 5.74) is 0.728. The van der Waals surface area contributed by atoms with E-state index in [1.54, 1.807) is 22.9 Å². The number of imidazole rings is 1. The number of nitrogens with zero attached hydrogens (tertiary/aromatic N) is 6. The molecule has 1 saturated carbocycles. The lowest BCUT2D eigenvalue weighted by Gasteiger charge is -2.18. The summed E-state index contributed by atoms with van der Waals surface area (Å²) in [6.45, 7) is -0.547. The lowest BCUT2D eigenvalue weighted by Crippen LogP contribution is -2.31. The van der Waals surface area contributed by atoms with Gasteiger partial charge in [-0.3, -0.25) is 14.0 Å². The average molecular weight is 532 g/mol. The van der Waals surface area contributed by atoms with Crippen LogP contribution in [-0.4, -0.2) is 53.5 Å². The fourth-order valence-corrected chi connectivity index (χ4v) is 3.55. The van der Waals surface area contributed by atoms with Gasteiger partial charge >= 0.3 is 12.4 Å². The molecule has 0 spiro atoms. The number of rotatable bonds is 10. The molecule has 3 aromatic rings. The Hall–Kier alpha value is -3.72. The van der Waals surface area contributed by atoms with Crippen LogP contribution in [0.4, 0.5) is 26.3 Å². The summed E-state index contributed by atoms with van der Waals surface area (Å²) in [7, 11) is 0. The third kappa shape index (κ3) is 7.63. The second kappa shape index (κ2) is 10.3. The number of alkyl halides is 6. The third-order valence-electron chi connectivity index (χ3n) is 5.56. The average Bonchev–Trinajstić information content (AvgIpc) is 3.39. The molecule has 3 aromatic heterocycles. The molecule has 4 rings (SSSR count). The van der Waals surface area contributed by atoms with Crippen LogP contribution in [0.3, 0.4) is 0 Å². The smallest absolute Gasteiger partial charge is 0.347 e. The van der Waals surface area contributed by atoms with Crippen LogP contribution in [0.15, 0.2) is 24.7 Å². The Bertz CT molecular complexity index is 1260. The fraction of sp³-hybridized carbons (Fsp3) is 0.524. The van der Waals surface area contributed by atoms with Gasteiger partial charge in [-0.1, -0.05) is 0 Å². The molecule has 10 nitrogen and oxygen atoms in total. The number of fused-ring (bicyclic) bond motifs is 1. The first-order valence-corrected chi connectivity index (χ1v) is 11.3. The monoisotopic (exact) mass is 532 g/mol. The molecule has 0 bridgehead atoms. The number of hydrogen-bond donors (Lipinski definition) is 2. The zero-order valence-electron chi connectivity index (χ0n) is 19.2. The van der Waals surface area contributed by atoms with Gasteiger partial charge in [0.15, 0.2) is 5.69 Å². The maximum Gasteiger partial charge on any atom is 0.390 e. The fourth-order valence-electron chi connectivity index (χ4n) is 3.55. The molecule has 3 heterocycles. The first-order valence-electron chi connectivity index (χ1n) is 11.3. The molecule has 1 unspecified atom stereocenters.